The summed E-state index contributed by atoms with van der Waals surface area (Å²) in [6, 6.07) is 12.8. The van der Waals surface area contributed by atoms with E-state index in [9.17, 15) is 10.2 Å². The first-order valence-electron chi connectivity index (χ1n) is 20.2. The molecule has 0 aliphatic rings. The molecule has 2 N–H and O–H groups in total. The fourth-order valence-electron chi connectivity index (χ4n) is 7.13. The molecule has 2 heteroatoms. The van der Waals surface area contributed by atoms with E-state index in [0.717, 1.165) is 43.2 Å². The summed E-state index contributed by atoms with van der Waals surface area (Å²) >= 11 is 0. The van der Waals surface area contributed by atoms with Gasteiger partial charge in [0.2, 0.25) is 0 Å². The molecule has 2 nitrogen and oxygen atoms in total. The summed E-state index contributed by atoms with van der Waals surface area (Å²) in [5, 5.41) is 21.5. The van der Waals surface area contributed by atoms with Gasteiger partial charge in [-0.3, -0.25) is 0 Å². The molecule has 0 aliphatic heterocycles. The van der Waals surface area contributed by atoms with Gasteiger partial charge >= 0.3 is 0 Å². The molecule has 0 fully saturated rings. The van der Waals surface area contributed by atoms with Crippen molar-refractivity contribution in [2.24, 2.45) is 0 Å². The highest BCUT2D eigenvalue weighted by molar-refractivity contribution is 5.44. The summed E-state index contributed by atoms with van der Waals surface area (Å²) in [6.07, 6.45) is 36.0. The summed E-state index contributed by atoms with van der Waals surface area (Å²) < 4.78 is 0. The maximum absolute atomic E-state index is 10.8. The lowest BCUT2D eigenvalue weighted by atomic mass is 9.84. The van der Waals surface area contributed by atoms with Crippen LogP contribution >= 0.6 is 0 Å². The van der Waals surface area contributed by atoms with Crippen LogP contribution in [0.15, 0.2) is 36.4 Å². The van der Waals surface area contributed by atoms with E-state index >= 15 is 0 Å². The maximum atomic E-state index is 10.8. The van der Waals surface area contributed by atoms with Crippen LogP contribution in [0.5, 0.6) is 11.5 Å². The Morgan fingerprint density at radius 3 is 1.04 bits per heavy atom. The van der Waals surface area contributed by atoms with Crippen molar-refractivity contribution < 1.29 is 10.2 Å². The maximum Gasteiger partial charge on any atom is 0.118 e. The first-order chi connectivity index (χ1) is 22.6. The van der Waals surface area contributed by atoms with Crippen molar-refractivity contribution in [2.75, 3.05) is 0 Å². The number of hydrogen-bond acceptors (Lipinski definition) is 2. The van der Waals surface area contributed by atoms with E-state index in [0.29, 0.717) is 17.4 Å². The van der Waals surface area contributed by atoms with Crippen molar-refractivity contribution in [2.45, 2.75) is 206 Å². The van der Waals surface area contributed by atoms with Gasteiger partial charge in [0, 0.05) is 5.92 Å². The van der Waals surface area contributed by atoms with Gasteiger partial charge in [0.15, 0.2) is 0 Å². The van der Waals surface area contributed by atoms with E-state index in [-0.39, 0.29) is 0 Å². The van der Waals surface area contributed by atoms with Crippen LogP contribution in [0.4, 0.5) is 0 Å². The highest BCUT2D eigenvalue weighted by atomic mass is 16.3. The smallest absolute Gasteiger partial charge is 0.118 e. The van der Waals surface area contributed by atoms with Crippen molar-refractivity contribution in [3.8, 4) is 11.5 Å². The Balaban J connectivity index is 2.02. The van der Waals surface area contributed by atoms with Gasteiger partial charge in [-0.1, -0.05) is 193 Å². The fraction of sp³-hybridized carbons (Fsp3) is 0.727. The van der Waals surface area contributed by atoms with Gasteiger partial charge in [0.05, 0.1) is 0 Å². The number of phenols is 2. The van der Waals surface area contributed by atoms with E-state index in [2.05, 4.69) is 45.0 Å². The number of aromatic hydroxyl groups is 2. The predicted molar refractivity (Wildman–Crippen MR) is 203 cm³/mol. The zero-order valence-electron chi connectivity index (χ0n) is 30.7. The molecule has 0 saturated carbocycles. The molecular weight excluding hydrogens is 560 g/mol. The number of aryl methyl sites for hydroxylation is 2. The molecule has 0 saturated heterocycles. The monoisotopic (exact) mass is 635 g/mol. The van der Waals surface area contributed by atoms with Crippen LogP contribution in [-0.2, 0) is 12.8 Å². The minimum atomic E-state index is 0.306. The Bertz CT molecular complexity index is 928. The van der Waals surface area contributed by atoms with Crippen LogP contribution in [0.3, 0.4) is 0 Å². The third-order valence-electron chi connectivity index (χ3n) is 10.2. The number of rotatable bonds is 30. The molecule has 0 amide bonds. The van der Waals surface area contributed by atoms with Crippen LogP contribution in [-0.4, -0.2) is 10.2 Å². The SMILES string of the molecule is CCCCCCCCCCCCCC(c1ccc(O)c(CCCCCCCCC)c1)c1ccc(O)c(CCCCCCCCC)c1. The zero-order valence-corrected chi connectivity index (χ0v) is 30.7. The van der Waals surface area contributed by atoms with Gasteiger partial charge in [-0.05, 0) is 66.5 Å². The summed E-state index contributed by atoms with van der Waals surface area (Å²) in [5.41, 5.74) is 4.87. The lowest BCUT2D eigenvalue weighted by molar-refractivity contribution is 0.464. The third-order valence-corrected chi connectivity index (χ3v) is 10.2. The topological polar surface area (TPSA) is 40.5 Å². The van der Waals surface area contributed by atoms with Crippen LogP contribution in [0.1, 0.15) is 216 Å². The van der Waals surface area contributed by atoms with Crippen molar-refractivity contribution in [3.05, 3.63) is 58.7 Å². The Hall–Kier alpha value is -1.96. The molecule has 0 unspecified atom stereocenters. The first-order valence-corrected chi connectivity index (χ1v) is 20.2. The minimum absolute atomic E-state index is 0.306. The second-order valence-corrected chi connectivity index (χ2v) is 14.4. The second kappa shape index (κ2) is 27.0. The zero-order chi connectivity index (χ0) is 33.1. The average molecular weight is 635 g/mol. The van der Waals surface area contributed by atoms with E-state index in [1.54, 1.807) is 0 Å². The van der Waals surface area contributed by atoms with Gasteiger partial charge in [0.1, 0.15) is 11.5 Å². The Morgan fingerprint density at radius 2 is 0.696 bits per heavy atom. The van der Waals surface area contributed by atoms with Gasteiger partial charge in [-0.15, -0.1) is 0 Å². The molecule has 262 valence electrons. The molecule has 2 rings (SSSR count). The van der Waals surface area contributed by atoms with Crippen LogP contribution in [0, 0.1) is 0 Å². The van der Waals surface area contributed by atoms with Crippen molar-refractivity contribution in [1.82, 2.24) is 0 Å². The molecule has 2 aromatic carbocycles. The quantitative estimate of drug-likeness (QED) is 0.0839. The fourth-order valence-corrected chi connectivity index (χ4v) is 7.13. The van der Waals surface area contributed by atoms with Crippen LogP contribution in [0.25, 0.3) is 0 Å². The van der Waals surface area contributed by atoms with Gasteiger partial charge in [-0.2, -0.15) is 0 Å². The van der Waals surface area contributed by atoms with E-state index in [1.807, 2.05) is 12.1 Å². The summed E-state index contributed by atoms with van der Waals surface area (Å²) in [7, 11) is 0. The second-order valence-electron chi connectivity index (χ2n) is 14.4. The molecular formula is C44H74O2. The third kappa shape index (κ3) is 17.8. The molecule has 0 heterocycles. The van der Waals surface area contributed by atoms with Crippen LogP contribution in [0.2, 0.25) is 0 Å². The van der Waals surface area contributed by atoms with Gasteiger partial charge in [-0.25, -0.2) is 0 Å². The highest BCUT2D eigenvalue weighted by Crippen LogP contribution is 2.36. The van der Waals surface area contributed by atoms with Gasteiger partial charge in [0.25, 0.3) is 0 Å². The normalized spacial score (nSPS) is 11.6. The number of hydrogen-bond donors (Lipinski definition) is 2. The van der Waals surface area contributed by atoms with Crippen molar-refractivity contribution in [3.63, 3.8) is 0 Å². The highest BCUT2D eigenvalue weighted by Gasteiger charge is 2.18. The largest absolute Gasteiger partial charge is 0.508 e. The summed E-state index contributed by atoms with van der Waals surface area (Å²) in [4.78, 5) is 0. The Labute approximate surface area is 286 Å². The van der Waals surface area contributed by atoms with E-state index in [4.69, 9.17) is 0 Å². The van der Waals surface area contributed by atoms with Crippen molar-refractivity contribution in [1.29, 1.82) is 0 Å². The Morgan fingerprint density at radius 1 is 0.391 bits per heavy atom. The Kier molecular flexibility index (Phi) is 23.6. The number of phenolic OH excluding ortho intramolecular Hbond substituents is 2. The van der Waals surface area contributed by atoms with E-state index < -0.39 is 0 Å². The standard InChI is InChI=1S/C44H74O2/c1-4-7-10-13-16-17-18-19-22-25-28-31-42(38-32-34-43(45)40(36-38)29-26-23-20-14-11-8-5-2)39-33-35-44(46)41(37-39)30-27-24-21-15-12-9-6-3/h32-37,42,45-46H,4-31H2,1-3H3. The summed E-state index contributed by atoms with van der Waals surface area (Å²) in [5.74, 6) is 1.21. The molecule has 2 aromatic rings. The predicted octanol–water partition coefficient (Wildman–Crippen LogP) is 14.5. The molecule has 0 radical (unpaired) electrons. The van der Waals surface area contributed by atoms with Gasteiger partial charge < -0.3 is 10.2 Å². The average Bonchev–Trinajstić information content (AvgIpc) is 3.06. The van der Waals surface area contributed by atoms with E-state index in [1.165, 1.54) is 159 Å². The minimum Gasteiger partial charge on any atom is -0.508 e. The first kappa shape index (κ1) is 40.2. The lowest BCUT2D eigenvalue weighted by Gasteiger charge is -2.21. The van der Waals surface area contributed by atoms with Crippen LogP contribution < -0.4 is 0 Å². The molecule has 0 atom stereocenters. The lowest BCUT2D eigenvalue weighted by Crippen LogP contribution is -2.04. The molecule has 0 spiro atoms. The molecule has 46 heavy (non-hydrogen) atoms. The molecule has 0 aliphatic carbocycles. The number of benzene rings is 2. The summed E-state index contributed by atoms with van der Waals surface area (Å²) in [6.45, 7) is 6.84. The van der Waals surface area contributed by atoms with Crippen molar-refractivity contribution >= 4 is 0 Å². The number of unbranched alkanes of at least 4 members (excludes halogenated alkanes) is 22. The molecule has 0 bridgehead atoms. The molecule has 0 aromatic heterocycles.